The van der Waals surface area contributed by atoms with Gasteiger partial charge in [-0.2, -0.15) is 0 Å². The first kappa shape index (κ1) is 25.7. The molecular formula is C26H34ClN3O5. The van der Waals surface area contributed by atoms with Crippen molar-refractivity contribution >= 4 is 23.2 Å². The molecule has 4 rings (SSSR count). The lowest BCUT2D eigenvalue weighted by Crippen LogP contribution is -2.29. The number of ether oxygens (including phenoxy) is 3. The van der Waals surface area contributed by atoms with Gasteiger partial charge in [0.05, 0.1) is 25.4 Å². The predicted octanol–water partition coefficient (Wildman–Crippen LogP) is 4.04. The van der Waals surface area contributed by atoms with Crippen LogP contribution >= 0.6 is 11.6 Å². The molecule has 0 aliphatic carbocycles. The van der Waals surface area contributed by atoms with Crippen LogP contribution in [0.3, 0.4) is 0 Å². The number of halogens is 1. The molecule has 2 atom stereocenters. The van der Waals surface area contributed by atoms with E-state index in [0.717, 1.165) is 43.9 Å². The number of aliphatic hydroxyl groups is 1. The van der Waals surface area contributed by atoms with Gasteiger partial charge < -0.3 is 24.2 Å². The van der Waals surface area contributed by atoms with E-state index in [4.69, 9.17) is 25.8 Å². The first-order valence-electron chi connectivity index (χ1n) is 12.2. The molecule has 0 radical (unpaired) electrons. The van der Waals surface area contributed by atoms with Crippen LogP contribution in [0.1, 0.15) is 51.5 Å². The summed E-state index contributed by atoms with van der Waals surface area (Å²) in [4.78, 5) is 23.0. The number of carbonyl (C=O) groups is 1. The smallest absolute Gasteiger partial charge is 0.238 e. The van der Waals surface area contributed by atoms with Gasteiger partial charge in [0, 0.05) is 31.2 Å². The number of ketones is 1. The molecule has 3 heterocycles. The lowest BCUT2D eigenvalue weighted by Gasteiger charge is -2.25. The highest BCUT2D eigenvalue weighted by molar-refractivity contribution is 6.34. The number of benzene rings is 1. The number of hydrogen-bond donors (Lipinski definition) is 1. The van der Waals surface area contributed by atoms with Crippen molar-refractivity contribution in [1.29, 1.82) is 0 Å². The van der Waals surface area contributed by atoms with Crippen molar-refractivity contribution in [2.45, 2.75) is 57.7 Å². The Bertz CT molecular complexity index is 1010. The van der Waals surface area contributed by atoms with Crippen molar-refractivity contribution < 1.29 is 24.1 Å². The van der Waals surface area contributed by atoms with Crippen LogP contribution in [0.4, 0.5) is 5.82 Å². The third kappa shape index (κ3) is 6.84. The average molecular weight is 504 g/mol. The number of anilines is 1. The van der Waals surface area contributed by atoms with Gasteiger partial charge in [-0.3, -0.25) is 4.79 Å². The van der Waals surface area contributed by atoms with E-state index in [9.17, 15) is 9.90 Å². The highest BCUT2D eigenvalue weighted by atomic mass is 35.5. The van der Waals surface area contributed by atoms with Gasteiger partial charge in [-0.05, 0) is 38.0 Å². The molecule has 1 unspecified atom stereocenters. The van der Waals surface area contributed by atoms with Crippen molar-refractivity contribution in [2.75, 3.05) is 37.8 Å². The molecule has 2 aromatic rings. The Labute approximate surface area is 211 Å². The fourth-order valence-corrected chi connectivity index (χ4v) is 4.43. The molecule has 0 amide bonds. The SMILES string of the molecule is CC(C(=O)CCC1COC1)c1ccc(O[C@@H]2CCN(c3ncnc(OCC(C)(C)O)c3Cl)C2)cc1. The van der Waals surface area contributed by atoms with Crippen molar-refractivity contribution in [3.8, 4) is 11.6 Å². The summed E-state index contributed by atoms with van der Waals surface area (Å²) >= 11 is 6.50. The van der Waals surface area contributed by atoms with Crippen molar-refractivity contribution in [2.24, 2.45) is 5.92 Å². The summed E-state index contributed by atoms with van der Waals surface area (Å²) in [7, 11) is 0. The van der Waals surface area contributed by atoms with E-state index >= 15 is 0 Å². The average Bonchev–Trinajstić information content (AvgIpc) is 3.25. The van der Waals surface area contributed by atoms with Gasteiger partial charge in [0.15, 0.2) is 5.82 Å². The molecule has 2 saturated heterocycles. The van der Waals surface area contributed by atoms with Crippen LogP contribution in [0.2, 0.25) is 5.02 Å². The van der Waals surface area contributed by atoms with Crippen LogP contribution < -0.4 is 14.4 Å². The number of carbonyl (C=O) groups excluding carboxylic acids is 1. The lowest BCUT2D eigenvalue weighted by molar-refractivity contribution is -0.121. The largest absolute Gasteiger partial charge is 0.489 e. The third-order valence-electron chi connectivity index (χ3n) is 6.42. The molecule has 1 N–H and O–H groups in total. The Balaban J connectivity index is 1.30. The number of nitrogens with zero attached hydrogens (tertiary/aromatic N) is 3. The maximum Gasteiger partial charge on any atom is 0.238 e. The standard InChI is InChI=1S/C26H34ClN3O5/c1-17(22(31)9-4-18-13-33-14-18)19-5-7-20(8-6-19)35-21-10-11-30(12-21)24-23(27)25(29-16-28-24)34-15-26(2,3)32/h5-8,16-18,21,32H,4,9-15H2,1-3H3/t17?,21-/m1/s1. The summed E-state index contributed by atoms with van der Waals surface area (Å²) in [6.07, 6.45) is 3.72. The van der Waals surface area contributed by atoms with E-state index < -0.39 is 5.60 Å². The van der Waals surface area contributed by atoms with Crippen LogP contribution in [-0.4, -0.2) is 65.5 Å². The molecule has 2 aliphatic heterocycles. The second-order valence-corrected chi connectivity index (χ2v) is 10.5. The maximum atomic E-state index is 12.5. The van der Waals surface area contributed by atoms with E-state index in [-0.39, 0.29) is 30.3 Å². The van der Waals surface area contributed by atoms with Crippen LogP contribution in [-0.2, 0) is 9.53 Å². The molecule has 190 valence electrons. The van der Waals surface area contributed by atoms with Gasteiger partial charge in [-0.15, -0.1) is 0 Å². The molecule has 0 saturated carbocycles. The van der Waals surface area contributed by atoms with Crippen molar-refractivity contribution in [3.05, 3.63) is 41.2 Å². The Morgan fingerprint density at radius 1 is 1.29 bits per heavy atom. The predicted molar refractivity (Wildman–Crippen MR) is 133 cm³/mol. The van der Waals surface area contributed by atoms with Gasteiger partial charge >= 0.3 is 0 Å². The van der Waals surface area contributed by atoms with Crippen LogP contribution in [0, 0.1) is 5.92 Å². The minimum absolute atomic E-state index is 0.0172. The fourth-order valence-electron chi connectivity index (χ4n) is 4.16. The Kier molecular flexibility index (Phi) is 8.14. The summed E-state index contributed by atoms with van der Waals surface area (Å²) in [6.45, 7) is 8.29. The van der Waals surface area contributed by atoms with Gasteiger partial charge in [0.2, 0.25) is 5.88 Å². The molecule has 0 spiro atoms. The second-order valence-electron chi connectivity index (χ2n) is 10.1. The van der Waals surface area contributed by atoms with E-state index in [1.807, 2.05) is 36.1 Å². The molecule has 1 aromatic heterocycles. The highest BCUT2D eigenvalue weighted by Gasteiger charge is 2.28. The molecule has 2 fully saturated rings. The van der Waals surface area contributed by atoms with Crippen LogP contribution in [0.5, 0.6) is 11.6 Å². The first-order valence-corrected chi connectivity index (χ1v) is 12.5. The topological polar surface area (TPSA) is 94.0 Å². The quantitative estimate of drug-likeness (QED) is 0.491. The summed E-state index contributed by atoms with van der Waals surface area (Å²) in [5, 5.41) is 10.2. The third-order valence-corrected chi connectivity index (χ3v) is 6.75. The Hall–Kier alpha value is -2.42. The second kappa shape index (κ2) is 11.1. The molecule has 9 heteroatoms. The van der Waals surface area contributed by atoms with Gasteiger partial charge in [0.25, 0.3) is 0 Å². The van der Waals surface area contributed by atoms with Crippen LogP contribution in [0.25, 0.3) is 0 Å². The fraction of sp³-hybridized carbons (Fsp3) is 0.577. The van der Waals surface area contributed by atoms with Gasteiger partial charge in [-0.1, -0.05) is 30.7 Å². The minimum Gasteiger partial charge on any atom is -0.489 e. The molecule has 8 nitrogen and oxygen atoms in total. The van der Waals surface area contributed by atoms with E-state index in [1.54, 1.807) is 13.8 Å². The number of aromatic nitrogens is 2. The molecular weight excluding hydrogens is 470 g/mol. The van der Waals surface area contributed by atoms with Crippen molar-refractivity contribution in [1.82, 2.24) is 9.97 Å². The zero-order valence-corrected chi connectivity index (χ0v) is 21.3. The normalized spacial score (nSPS) is 19.3. The monoisotopic (exact) mass is 503 g/mol. The van der Waals surface area contributed by atoms with E-state index in [0.29, 0.717) is 29.7 Å². The van der Waals surface area contributed by atoms with Crippen LogP contribution in [0.15, 0.2) is 30.6 Å². The lowest BCUT2D eigenvalue weighted by atomic mass is 9.91. The van der Waals surface area contributed by atoms with Crippen molar-refractivity contribution in [3.63, 3.8) is 0 Å². The maximum absolute atomic E-state index is 12.5. The number of Topliss-reactive ketones (excluding diaryl/α,β-unsaturated/α-hetero) is 1. The minimum atomic E-state index is -0.993. The van der Waals surface area contributed by atoms with Gasteiger partial charge in [0.1, 0.15) is 35.6 Å². The number of hydrogen-bond acceptors (Lipinski definition) is 8. The molecule has 0 bridgehead atoms. The Morgan fingerprint density at radius 3 is 2.69 bits per heavy atom. The Morgan fingerprint density at radius 2 is 2.03 bits per heavy atom. The first-order chi connectivity index (χ1) is 16.7. The zero-order chi connectivity index (χ0) is 25.0. The summed E-state index contributed by atoms with van der Waals surface area (Å²) in [6, 6.07) is 7.82. The summed E-state index contributed by atoms with van der Waals surface area (Å²) < 4.78 is 17.0. The summed E-state index contributed by atoms with van der Waals surface area (Å²) in [5.74, 6) is 2.30. The number of rotatable bonds is 11. The molecule has 35 heavy (non-hydrogen) atoms. The van der Waals surface area contributed by atoms with E-state index in [2.05, 4.69) is 9.97 Å². The zero-order valence-electron chi connectivity index (χ0n) is 20.6. The van der Waals surface area contributed by atoms with Gasteiger partial charge in [-0.25, -0.2) is 9.97 Å². The summed E-state index contributed by atoms with van der Waals surface area (Å²) in [5.41, 5.74) is 0.0132. The molecule has 2 aliphatic rings. The highest BCUT2D eigenvalue weighted by Crippen LogP contribution is 2.33. The van der Waals surface area contributed by atoms with E-state index in [1.165, 1.54) is 6.33 Å². The molecule has 1 aromatic carbocycles.